The van der Waals surface area contributed by atoms with E-state index in [1.807, 2.05) is 37.6 Å². The first-order valence-electron chi connectivity index (χ1n) is 11.7. The average Bonchev–Trinajstić information content (AvgIpc) is 2.84. The quantitative estimate of drug-likeness (QED) is 0.257. The third-order valence-electron chi connectivity index (χ3n) is 5.41. The normalized spacial score (nSPS) is 11.4. The van der Waals surface area contributed by atoms with Crippen LogP contribution in [0.25, 0.3) is 0 Å². The number of amides is 2. The number of hydrogen-bond acceptors (Lipinski definition) is 6. The molecule has 2 N–H and O–H groups in total. The molecule has 10 heteroatoms. The molecular weight excluding hydrogens is 523 g/mol. The van der Waals surface area contributed by atoms with E-state index < -0.39 is 23.7 Å². The molecule has 4 aromatic rings. The fraction of sp³-hybridized carbons (Fsp3) is 0.107. The lowest BCUT2D eigenvalue weighted by molar-refractivity contribution is 0.256. The lowest BCUT2D eigenvalue weighted by Crippen LogP contribution is -2.34. The third kappa shape index (κ3) is 6.82. The molecule has 0 saturated carbocycles. The molecule has 2 amide bonds. The number of benzene rings is 4. The maximum absolute atomic E-state index is 14.2. The first-order chi connectivity index (χ1) is 18.0. The summed E-state index contributed by atoms with van der Waals surface area (Å²) < 4.78 is 53.2. The summed E-state index contributed by atoms with van der Waals surface area (Å²) in [6.07, 6.45) is 0. The molecule has 0 heterocycles. The summed E-state index contributed by atoms with van der Waals surface area (Å²) in [6, 6.07) is 25.3. The Labute approximate surface area is 222 Å². The van der Waals surface area contributed by atoms with Crippen molar-refractivity contribution in [3.63, 3.8) is 0 Å². The van der Waals surface area contributed by atoms with E-state index >= 15 is 0 Å². The maximum atomic E-state index is 14.2. The van der Waals surface area contributed by atoms with Crippen LogP contribution in [-0.4, -0.2) is 14.4 Å². The number of urea groups is 1. The number of hydrogen-bond donors (Lipinski definition) is 2. The fourth-order valence-corrected chi connectivity index (χ4v) is 6.06. The van der Waals surface area contributed by atoms with Gasteiger partial charge in [-0.25, -0.2) is 22.5 Å². The number of carbonyl (C=O) groups is 1. The summed E-state index contributed by atoms with van der Waals surface area (Å²) in [6.45, 7) is 5.59. The van der Waals surface area contributed by atoms with Crippen molar-refractivity contribution in [2.45, 2.75) is 25.7 Å². The lowest BCUT2D eigenvalue weighted by atomic mass is 10.2. The van der Waals surface area contributed by atoms with Crippen molar-refractivity contribution in [2.24, 2.45) is 0 Å². The Morgan fingerprint density at radius 3 is 1.82 bits per heavy atom. The van der Waals surface area contributed by atoms with Crippen molar-refractivity contribution in [3.8, 4) is 11.5 Å². The second-order valence-corrected chi connectivity index (χ2v) is 12.3. The van der Waals surface area contributed by atoms with Crippen LogP contribution in [0.4, 0.5) is 10.5 Å². The van der Waals surface area contributed by atoms with Gasteiger partial charge >= 0.3 is 13.6 Å². The van der Waals surface area contributed by atoms with Gasteiger partial charge in [0, 0.05) is 5.69 Å². The summed E-state index contributed by atoms with van der Waals surface area (Å²) in [5.41, 5.74) is 2.90. The average molecular weight is 551 g/mol. The number of sulfonamides is 1. The Morgan fingerprint density at radius 2 is 1.26 bits per heavy atom. The molecule has 8 nitrogen and oxygen atoms in total. The second kappa shape index (κ2) is 11.1. The monoisotopic (exact) mass is 550 g/mol. The Balaban J connectivity index is 1.60. The summed E-state index contributed by atoms with van der Waals surface area (Å²) in [4.78, 5) is 12.5. The minimum Gasteiger partial charge on any atom is -0.413 e. The molecule has 0 fully saturated rings. The van der Waals surface area contributed by atoms with E-state index in [-0.39, 0.29) is 15.9 Å². The van der Waals surface area contributed by atoms with Gasteiger partial charge in [-0.2, -0.15) is 0 Å². The zero-order valence-electron chi connectivity index (χ0n) is 21.0. The third-order valence-corrected chi connectivity index (χ3v) is 8.57. The highest BCUT2D eigenvalue weighted by molar-refractivity contribution is 7.90. The van der Waals surface area contributed by atoms with E-state index in [2.05, 4.69) is 5.32 Å². The predicted molar refractivity (Wildman–Crippen MR) is 148 cm³/mol. The zero-order valence-corrected chi connectivity index (χ0v) is 22.8. The van der Waals surface area contributed by atoms with Crippen LogP contribution in [0.5, 0.6) is 11.5 Å². The first-order valence-corrected chi connectivity index (χ1v) is 14.7. The van der Waals surface area contributed by atoms with Crippen LogP contribution in [0.1, 0.15) is 16.7 Å². The highest BCUT2D eigenvalue weighted by atomic mass is 32.2. The van der Waals surface area contributed by atoms with Crippen LogP contribution in [0.15, 0.2) is 102 Å². The molecule has 0 unspecified atom stereocenters. The van der Waals surface area contributed by atoms with Crippen LogP contribution in [0.3, 0.4) is 0 Å². The van der Waals surface area contributed by atoms with Crippen molar-refractivity contribution in [1.29, 1.82) is 0 Å². The van der Waals surface area contributed by atoms with Crippen molar-refractivity contribution in [2.75, 3.05) is 5.32 Å². The molecule has 0 spiro atoms. The largest absolute Gasteiger partial charge is 0.462 e. The summed E-state index contributed by atoms with van der Waals surface area (Å²) in [7, 11) is -8.10. The van der Waals surface area contributed by atoms with E-state index in [4.69, 9.17) is 9.05 Å². The molecule has 0 saturated heterocycles. The molecule has 0 aliphatic rings. The Kier molecular flexibility index (Phi) is 7.90. The van der Waals surface area contributed by atoms with Gasteiger partial charge in [0.25, 0.3) is 10.0 Å². The first kappa shape index (κ1) is 27.0. The van der Waals surface area contributed by atoms with Gasteiger partial charge in [0.1, 0.15) is 11.5 Å². The molecule has 4 rings (SSSR count). The van der Waals surface area contributed by atoms with Gasteiger partial charge < -0.3 is 14.4 Å². The number of anilines is 1. The Hall–Kier alpha value is -4.07. The van der Waals surface area contributed by atoms with Crippen LogP contribution in [-0.2, 0) is 14.6 Å². The van der Waals surface area contributed by atoms with Crippen molar-refractivity contribution >= 4 is 34.6 Å². The number of aryl methyl sites for hydroxylation is 3. The van der Waals surface area contributed by atoms with Crippen LogP contribution < -0.4 is 24.4 Å². The van der Waals surface area contributed by atoms with E-state index in [0.717, 1.165) is 16.7 Å². The Morgan fingerprint density at radius 1 is 0.711 bits per heavy atom. The molecule has 196 valence electrons. The van der Waals surface area contributed by atoms with E-state index in [1.165, 1.54) is 24.3 Å². The second-order valence-electron chi connectivity index (χ2n) is 8.74. The summed E-state index contributed by atoms with van der Waals surface area (Å²) in [5.74, 6) is 0.697. The fourth-order valence-electron chi connectivity index (χ4n) is 3.55. The van der Waals surface area contributed by atoms with Crippen LogP contribution in [0, 0.1) is 20.8 Å². The molecular formula is C28H27N2O6PS. The van der Waals surface area contributed by atoms with Gasteiger partial charge in [0.05, 0.1) is 10.2 Å². The molecule has 0 aliphatic heterocycles. The van der Waals surface area contributed by atoms with Gasteiger partial charge in [0.2, 0.25) is 0 Å². The Bertz CT molecular complexity index is 1570. The van der Waals surface area contributed by atoms with E-state index in [0.29, 0.717) is 11.5 Å². The molecule has 0 radical (unpaired) electrons. The van der Waals surface area contributed by atoms with Crippen LogP contribution in [0.2, 0.25) is 0 Å². The lowest BCUT2D eigenvalue weighted by Gasteiger charge is -2.21. The predicted octanol–water partition coefficient (Wildman–Crippen LogP) is 6.10. The van der Waals surface area contributed by atoms with E-state index in [1.54, 1.807) is 60.7 Å². The topological polar surface area (TPSA) is 111 Å². The summed E-state index contributed by atoms with van der Waals surface area (Å²) >= 11 is 0. The maximum Gasteiger partial charge on any atom is 0.462 e. The molecule has 0 aliphatic carbocycles. The SMILES string of the molecule is Cc1ccc(S(=O)(=O)NC(=O)Nc2cccc(P(=O)(Oc3cccc(C)c3)Oc3cccc(C)c3)c2)cc1. The van der Waals surface area contributed by atoms with Gasteiger partial charge in [-0.1, -0.05) is 48.0 Å². The number of carbonyl (C=O) groups excluding carboxylic acids is 1. The van der Waals surface area contributed by atoms with Crippen molar-refractivity contribution in [3.05, 3.63) is 114 Å². The molecule has 0 aromatic heterocycles. The highest BCUT2D eigenvalue weighted by Crippen LogP contribution is 2.48. The molecule has 38 heavy (non-hydrogen) atoms. The number of nitrogens with one attached hydrogen (secondary N) is 2. The van der Waals surface area contributed by atoms with Gasteiger partial charge in [-0.05, 0) is 86.5 Å². The smallest absolute Gasteiger partial charge is 0.413 e. The molecule has 0 atom stereocenters. The summed E-state index contributed by atoms with van der Waals surface area (Å²) in [5, 5.41) is 2.64. The minimum absolute atomic E-state index is 0.0467. The number of rotatable bonds is 8. The van der Waals surface area contributed by atoms with Crippen LogP contribution >= 0.6 is 7.60 Å². The highest BCUT2D eigenvalue weighted by Gasteiger charge is 2.32. The minimum atomic E-state index is -4.09. The van der Waals surface area contributed by atoms with E-state index in [9.17, 15) is 17.8 Å². The van der Waals surface area contributed by atoms with Crippen molar-refractivity contribution in [1.82, 2.24) is 4.72 Å². The van der Waals surface area contributed by atoms with Gasteiger partial charge in [-0.3, -0.25) is 0 Å². The van der Waals surface area contributed by atoms with Crippen molar-refractivity contribution < 1.29 is 26.8 Å². The molecule has 0 bridgehead atoms. The molecule has 4 aromatic carbocycles. The van der Waals surface area contributed by atoms with Gasteiger partial charge in [0.15, 0.2) is 0 Å². The standard InChI is InChI=1S/C28H27N2O6PS/c1-20-13-15-27(16-14-20)38(33,34)30-28(31)29-23-9-6-12-26(19-23)37(32,35-24-10-4-7-21(2)17-24)36-25-11-5-8-22(3)18-25/h4-19H,1-3H3,(H2,29,30,31). The van der Waals surface area contributed by atoms with Gasteiger partial charge in [-0.15, -0.1) is 0 Å². The zero-order chi connectivity index (χ0) is 27.3.